The first kappa shape index (κ1) is 13.2. The summed E-state index contributed by atoms with van der Waals surface area (Å²) in [6, 6.07) is 18.2. The molecule has 0 heterocycles. The van der Waals surface area contributed by atoms with Gasteiger partial charge in [0.25, 0.3) is 0 Å². The molecule has 0 saturated heterocycles. The molecule has 0 fully saturated rings. The number of halogens is 2. The maximum atomic E-state index is 6.15. The van der Waals surface area contributed by atoms with Crippen LogP contribution >= 0.6 is 28.3 Å². The quantitative estimate of drug-likeness (QED) is 0.893. The lowest BCUT2D eigenvalue weighted by atomic mass is 10.00. The molecule has 2 N–H and O–H groups in total. The molecule has 2 aromatic carbocycles. The van der Waals surface area contributed by atoms with Crippen molar-refractivity contribution in [1.82, 2.24) is 0 Å². The van der Waals surface area contributed by atoms with Crippen LogP contribution in [0, 0.1) is 0 Å². The third kappa shape index (κ3) is 3.08. The van der Waals surface area contributed by atoms with Gasteiger partial charge in [0.15, 0.2) is 0 Å². The Balaban J connectivity index is 0.00000128. The number of hydrogen-bond donors (Lipinski definition) is 1. The Morgan fingerprint density at radius 2 is 1.31 bits per heavy atom. The lowest BCUT2D eigenvalue weighted by Crippen LogP contribution is -2.11. The molecule has 16 heavy (non-hydrogen) atoms. The molecule has 0 amide bonds. The van der Waals surface area contributed by atoms with Gasteiger partial charge in [-0.2, -0.15) is 0 Å². The van der Waals surface area contributed by atoms with Gasteiger partial charge in [-0.05, 0) is 23.3 Å². The lowest BCUT2D eigenvalue weighted by molar-refractivity contribution is 0.871. The van der Waals surface area contributed by atoms with Crippen LogP contribution in [0.4, 0.5) is 0 Å². The second-order valence-corrected chi connectivity index (χ2v) is 4.36. The summed E-state index contributed by atoms with van der Waals surface area (Å²) in [6.45, 7) is 0. The van der Waals surface area contributed by atoms with Crippen LogP contribution in [0.5, 0.6) is 0 Å². The van der Waals surface area contributed by atoms with Crippen molar-refractivity contribution in [2.75, 3.05) is 0 Å². The van der Waals surface area contributed by atoms with E-state index in [2.05, 4.69) is 15.9 Å². The van der Waals surface area contributed by atoms with E-state index >= 15 is 0 Å². The Morgan fingerprint density at radius 3 is 1.88 bits per heavy atom. The van der Waals surface area contributed by atoms with Crippen molar-refractivity contribution in [3.05, 3.63) is 70.2 Å². The van der Waals surface area contributed by atoms with Gasteiger partial charge in [0.05, 0.1) is 6.04 Å². The molecule has 0 radical (unpaired) electrons. The van der Waals surface area contributed by atoms with Gasteiger partial charge in [0.2, 0.25) is 0 Å². The van der Waals surface area contributed by atoms with Crippen molar-refractivity contribution in [2.45, 2.75) is 6.04 Å². The first-order valence-corrected chi connectivity index (χ1v) is 5.62. The smallest absolute Gasteiger partial charge is 0.0551 e. The van der Waals surface area contributed by atoms with E-state index in [1.165, 1.54) is 0 Å². The van der Waals surface area contributed by atoms with E-state index in [1.807, 2.05) is 54.6 Å². The minimum atomic E-state index is -0.0423. The predicted molar refractivity (Wildman–Crippen MR) is 73.9 cm³/mol. The summed E-state index contributed by atoms with van der Waals surface area (Å²) in [6.07, 6.45) is 0. The Kier molecular flexibility index (Phi) is 5.00. The van der Waals surface area contributed by atoms with E-state index in [9.17, 15) is 0 Å². The summed E-state index contributed by atoms with van der Waals surface area (Å²) < 4.78 is 1.08. The number of hydrogen-bond acceptors (Lipinski definition) is 1. The van der Waals surface area contributed by atoms with Crippen LogP contribution in [0.3, 0.4) is 0 Å². The van der Waals surface area contributed by atoms with Crippen LogP contribution in [0.1, 0.15) is 17.2 Å². The van der Waals surface area contributed by atoms with Crippen molar-refractivity contribution in [3.8, 4) is 0 Å². The van der Waals surface area contributed by atoms with Crippen LogP contribution in [0.2, 0.25) is 0 Å². The van der Waals surface area contributed by atoms with E-state index in [4.69, 9.17) is 5.73 Å². The molecule has 0 aliphatic carbocycles. The third-order valence-corrected chi connectivity index (χ3v) is 2.92. The second kappa shape index (κ2) is 6.04. The van der Waals surface area contributed by atoms with Gasteiger partial charge in [-0.3, -0.25) is 0 Å². The average Bonchev–Trinajstić information content (AvgIpc) is 2.30. The summed E-state index contributed by atoms with van der Waals surface area (Å²) in [5.74, 6) is 0. The molecule has 0 saturated carbocycles. The van der Waals surface area contributed by atoms with Crippen molar-refractivity contribution in [2.24, 2.45) is 5.73 Å². The Morgan fingerprint density at radius 1 is 0.812 bits per heavy atom. The van der Waals surface area contributed by atoms with E-state index in [0.717, 1.165) is 15.6 Å². The summed E-state index contributed by atoms with van der Waals surface area (Å²) in [5, 5.41) is 0. The zero-order valence-electron chi connectivity index (χ0n) is 8.64. The van der Waals surface area contributed by atoms with E-state index in [0.29, 0.717) is 0 Å². The highest BCUT2D eigenvalue weighted by atomic mass is 79.9. The number of benzene rings is 2. The molecule has 0 spiro atoms. The molecule has 0 bridgehead atoms. The lowest BCUT2D eigenvalue weighted by Gasteiger charge is -2.12. The van der Waals surface area contributed by atoms with Crippen LogP contribution in [-0.2, 0) is 0 Å². The Labute approximate surface area is 110 Å². The van der Waals surface area contributed by atoms with Crippen molar-refractivity contribution < 1.29 is 0 Å². The normalized spacial score (nSPS) is 11.6. The molecule has 0 aliphatic heterocycles. The molecule has 0 unspecified atom stereocenters. The minimum absolute atomic E-state index is 0. The molecule has 0 aliphatic rings. The highest BCUT2D eigenvalue weighted by Crippen LogP contribution is 2.20. The fraction of sp³-hybridized carbons (Fsp3) is 0.0769. The van der Waals surface area contributed by atoms with Crippen LogP contribution < -0.4 is 5.73 Å². The summed E-state index contributed by atoms with van der Waals surface area (Å²) in [5.41, 5.74) is 8.42. The van der Waals surface area contributed by atoms with E-state index in [1.54, 1.807) is 0 Å². The monoisotopic (exact) mass is 297 g/mol. The van der Waals surface area contributed by atoms with Gasteiger partial charge in [0, 0.05) is 4.47 Å². The van der Waals surface area contributed by atoms with Gasteiger partial charge in [-0.25, -0.2) is 0 Å². The highest BCUT2D eigenvalue weighted by Gasteiger charge is 2.07. The van der Waals surface area contributed by atoms with Crippen LogP contribution in [0.15, 0.2) is 59.1 Å². The maximum absolute atomic E-state index is 6.15. The average molecular weight is 299 g/mol. The van der Waals surface area contributed by atoms with E-state index < -0.39 is 0 Å². The van der Waals surface area contributed by atoms with Gasteiger partial charge >= 0.3 is 0 Å². The Hall–Kier alpha value is -0.830. The molecule has 2 rings (SSSR count). The zero-order valence-corrected chi connectivity index (χ0v) is 11.0. The van der Waals surface area contributed by atoms with Crippen LogP contribution in [-0.4, -0.2) is 0 Å². The van der Waals surface area contributed by atoms with Crippen molar-refractivity contribution in [1.29, 1.82) is 0 Å². The molecule has 1 atom stereocenters. The molecule has 1 nitrogen and oxygen atoms in total. The standard InChI is InChI=1S/C13H12BrN.ClH/c14-12-8-6-11(7-9-12)13(15)10-4-2-1-3-5-10;/h1-9,13H,15H2;1H/t13-;/m1./s1. The fourth-order valence-corrected chi connectivity index (χ4v) is 1.79. The fourth-order valence-electron chi connectivity index (χ4n) is 1.52. The summed E-state index contributed by atoms with van der Waals surface area (Å²) in [4.78, 5) is 0. The Bertz CT molecular complexity index is 427. The van der Waals surface area contributed by atoms with Gasteiger partial charge in [0.1, 0.15) is 0 Å². The SMILES string of the molecule is Cl.N[C@H](c1ccccc1)c1ccc(Br)cc1. The third-order valence-electron chi connectivity index (χ3n) is 2.39. The molecule has 84 valence electrons. The molecule has 3 heteroatoms. The second-order valence-electron chi connectivity index (χ2n) is 3.44. The first-order chi connectivity index (χ1) is 7.27. The number of nitrogens with two attached hydrogens (primary N) is 1. The van der Waals surface area contributed by atoms with E-state index in [-0.39, 0.29) is 18.4 Å². The largest absolute Gasteiger partial charge is 0.320 e. The zero-order chi connectivity index (χ0) is 10.7. The van der Waals surface area contributed by atoms with Crippen LogP contribution in [0.25, 0.3) is 0 Å². The maximum Gasteiger partial charge on any atom is 0.0551 e. The molecular formula is C13H13BrClN. The van der Waals surface area contributed by atoms with Crippen molar-refractivity contribution >= 4 is 28.3 Å². The molecular weight excluding hydrogens is 286 g/mol. The van der Waals surface area contributed by atoms with Gasteiger partial charge in [-0.1, -0.05) is 58.4 Å². The van der Waals surface area contributed by atoms with Gasteiger partial charge in [-0.15, -0.1) is 12.4 Å². The van der Waals surface area contributed by atoms with Crippen molar-refractivity contribution in [3.63, 3.8) is 0 Å². The predicted octanol–water partition coefficient (Wildman–Crippen LogP) is 3.92. The van der Waals surface area contributed by atoms with Gasteiger partial charge < -0.3 is 5.73 Å². The summed E-state index contributed by atoms with van der Waals surface area (Å²) in [7, 11) is 0. The minimum Gasteiger partial charge on any atom is -0.320 e. The summed E-state index contributed by atoms with van der Waals surface area (Å²) >= 11 is 3.41. The molecule has 0 aromatic heterocycles. The molecule has 2 aromatic rings. The first-order valence-electron chi connectivity index (χ1n) is 4.83. The highest BCUT2D eigenvalue weighted by molar-refractivity contribution is 9.10. The topological polar surface area (TPSA) is 26.0 Å². The number of rotatable bonds is 2.